The first kappa shape index (κ1) is 127. The van der Waals surface area contributed by atoms with E-state index in [4.69, 9.17) is 163 Å². The van der Waals surface area contributed by atoms with E-state index in [0.29, 0.717) is 0 Å². The van der Waals surface area contributed by atoms with E-state index in [1.165, 1.54) is 35.2 Å². The van der Waals surface area contributed by atoms with Gasteiger partial charge >= 0.3 is 70.2 Å². The maximum absolute atomic E-state index is 13.6. The summed E-state index contributed by atoms with van der Waals surface area (Å²) in [5.74, 6) is -0.347. The van der Waals surface area contributed by atoms with Crippen LogP contribution in [0, 0.1) is 0 Å². The van der Waals surface area contributed by atoms with E-state index in [1.807, 2.05) is 0 Å². The summed E-state index contributed by atoms with van der Waals surface area (Å²) >= 11 is 0. The topological polar surface area (TPSA) is 733 Å². The van der Waals surface area contributed by atoms with Crippen LogP contribution in [0.5, 0.6) is 0 Å². The largest absolute Gasteiger partial charge is 0.473 e. The van der Waals surface area contributed by atoms with Crippen LogP contribution in [0.3, 0.4) is 0 Å². The summed E-state index contributed by atoms with van der Waals surface area (Å²) in [6.45, 7) is -10.2. The summed E-state index contributed by atoms with van der Waals surface area (Å²) in [4.78, 5) is 93.7. The lowest BCUT2D eigenvalue weighted by molar-refractivity contribution is -0.0403. The van der Waals surface area contributed by atoms with Gasteiger partial charge in [0, 0.05) is 6.66 Å². The van der Waals surface area contributed by atoms with Crippen molar-refractivity contribution < 1.29 is 247 Å². The Kier molecular flexibility index (Phi) is 79.1. The predicted molar refractivity (Wildman–Crippen MR) is 434 cm³/mol. The number of rotatable bonds is 99. The Labute approximate surface area is 736 Å². The summed E-state index contributed by atoms with van der Waals surface area (Å²) in [5.41, 5.74) is 1.14. The van der Waals surface area contributed by atoms with Crippen LogP contribution in [0.15, 0.2) is 0 Å². The van der Waals surface area contributed by atoms with E-state index in [0.717, 1.165) is 33.8 Å². The van der Waals surface area contributed by atoms with Crippen molar-refractivity contribution in [2.45, 2.75) is 36.6 Å². The third-order valence-electron chi connectivity index (χ3n) is 12.8. The summed E-state index contributed by atoms with van der Waals surface area (Å²) in [5, 5.41) is 21.8. The van der Waals surface area contributed by atoms with E-state index in [1.54, 1.807) is 0 Å². The zero-order valence-electron chi connectivity index (χ0n) is 70.4. The molecule has 0 heterocycles. The number of aliphatic hydroxyl groups excluding tert-OH is 1. The monoisotopic (exact) mass is 2080 g/mol. The van der Waals surface area contributed by atoms with Crippen molar-refractivity contribution in [1.29, 1.82) is 0 Å². The molecule has 15 unspecified atom stereocenters. The number of hydrogen-bond acceptors (Lipinski definition) is 51. The van der Waals surface area contributed by atoms with Gasteiger partial charge in [-0.05, 0) is 35.2 Å². The van der Waals surface area contributed by atoms with Crippen molar-refractivity contribution in [2.24, 2.45) is 0 Å². The van der Waals surface area contributed by atoms with Crippen molar-refractivity contribution in [1.82, 2.24) is 32.1 Å². The van der Waals surface area contributed by atoms with Gasteiger partial charge in [0.05, 0.1) is 277 Å². The van der Waals surface area contributed by atoms with Gasteiger partial charge in [-0.15, -0.1) is 10.0 Å². The van der Waals surface area contributed by atoms with E-state index >= 15 is 0 Å². The van der Waals surface area contributed by atoms with Gasteiger partial charge in [-0.3, -0.25) is 104 Å². The summed E-state index contributed by atoms with van der Waals surface area (Å²) in [6, 6.07) is 0. The lowest BCUT2D eigenvalue weighted by Gasteiger charge is -2.26. The normalized spacial score (nSPS) is 18.1. The molecule has 15 atom stereocenters. The minimum absolute atomic E-state index is 0.00305. The number of ether oxygens (including phenoxy) is 16. The van der Waals surface area contributed by atoms with Crippen LogP contribution in [-0.4, -0.2) is 418 Å². The minimum Gasteiger partial charge on any atom is -0.385 e. The highest BCUT2D eigenvalue weighted by Gasteiger charge is 2.39. The molecular weight excluding hydrogens is 1950 g/mol. The molecule has 0 aliphatic heterocycles. The molecule has 0 aliphatic carbocycles. The molecule has 0 saturated carbocycles. The molecule has 58 nitrogen and oxygen atoms in total. The Balaban J connectivity index is 5.59. The molecule has 0 bridgehead atoms. The maximum atomic E-state index is 13.6. The van der Waals surface area contributed by atoms with Crippen LogP contribution >= 0.6 is 91.8 Å². The number of nitrogens with one attached hydrogen (secondary N) is 6. The van der Waals surface area contributed by atoms with Crippen LogP contribution in [0.1, 0.15) is 0 Å². The quantitative estimate of drug-likeness (QED) is 0.0125. The first-order valence-electron chi connectivity index (χ1n) is 37.6. The third kappa shape index (κ3) is 83.0. The highest BCUT2D eigenvalue weighted by atomic mass is 33.1. The SMILES string of the molecule is CNCOCC(COP(=O)(O)OC(COCNC)COP(=O)(O)OC(COCNC)COP(=O)(O)OC(COCNC)COP(=O)(O)OC(COCNC)COP(=O)(O)OC(COCNF)COP(=O)(O)OCCOCCOCCOCCOCCOCCOP(=O)(O)OCSSCO)OP(=O)(O)OCCOCCOCCOCCOCCOCCOP(C)(=O)O. The van der Waals surface area contributed by atoms with Crippen LogP contribution in [0.4, 0.5) is 4.48 Å². The van der Waals surface area contributed by atoms with Crippen molar-refractivity contribution in [3.63, 3.8) is 0 Å². The zero-order chi connectivity index (χ0) is 94.1. The van der Waals surface area contributed by atoms with Crippen molar-refractivity contribution >= 4 is 91.8 Å². The van der Waals surface area contributed by atoms with Crippen molar-refractivity contribution in [2.75, 3.05) is 332 Å². The Bertz CT molecular complexity index is 3080. The number of halogens is 1. The molecule has 0 rings (SSSR count). The Morgan fingerprint density at radius 1 is 0.238 bits per heavy atom. The second kappa shape index (κ2) is 78.6. The summed E-state index contributed by atoms with van der Waals surface area (Å²) < 4.78 is 299. The highest BCUT2D eigenvalue weighted by Crippen LogP contribution is 2.53. The molecule has 0 aliphatic rings. The lowest BCUT2D eigenvalue weighted by atomic mass is 10.4. The van der Waals surface area contributed by atoms with E-state index in [9.17, 15) is 84.7 Å². The molecule has 0 radical (unpaired) electrons. The van der Waals surface area contributed by atoms with Crippen LogP contribution in [0.2, 0.25) is 0 Å². The molecule has 0 aromatic heterocycles. The van der Waals surface area contributed by atoms with Gasteiger partial charge in [-0.2, -0.15) is 0 Å². The number of phosphoric acid groups is 8. The fourth-order valence-corrected chi connectivity index (χ4v) is 16.4. The van der Waals surface area contributed by atoms with Gasteiger partial charge in [0.1, 0.15) is 49.3 Å². The van der Waals surface area contributed by atoms with Crippen LogP contribution < -0.4 is 32.1 Å². The average Bonchev–Trinajstić information content (AvgIpc) is 0.864. The Morgan fingerprint density at radius 3 is 0.627 bits per heavy atom. The number of aliphatic hydroxyl groups is 1. The van der Waals surface area contributed by atoms with Gasteiger partial charge in [-0.25, -0.2) is 36.5 Å². The fourth-order valence-electron chi connectivity index (χ4n) is 7.82. The molecule has 758 valence electrons. The molecule has 0 fully saturated rings. The van der Waals surface area contributed by atoms with Gasteiger partial charge < -0.3 is 129 Å². The second-order valence-corrected chi connectivity index (χ2v) is 39.3. The predicted octanol–water partition coefficient (Wildman–Crippen LogP) is -0.0310. The fraction of sp³-hybridized carbons (Fsp3) is 1.00. The summed E-state index contributed by atoms with van der Waals surface area (Å²) in [7, 11) is -35.6. The van der Waals surface area contributed by atoms with Gasteiger partial charge in [0.25, 0.3) is 0 Å². The lowest BCUT2D eigenvalue weighted by Crippen LogP contribution is -2.31. The average molecular weight is 2080 g/mol. The van der Waals surface area contributed by atoms with Crippen LogP contribution in [-0.2, 0) is 194 Å². The third-order valence-corrected chi connectivity index (χ3v) is 23.5. The molecule has 0 aromatic carbocycles. The van der Waals surface area contributed by atoms with Gasteiger partial charge in [0.2, 0.25) is 0 Å². The molecule has 70 heteroatoms. The van der Waals surface area contributed by atoms with E-state index < -0.39 is 206 Å². The van der Waals surface area contributed by atoms with Gasteiger partial charge in [0.15, 0.2) is 0 Å². The zero-order valence-corrected chi connectivity index (χ0v) is 80.1. The maximum Gasteiger partial charge on any atom is 0.473 e. The van der Waals surface area contributed by atoms with Crippen molar-refractivity contribution in [3.8, 4) is 0 Å². The first-order chi connectivity index (χ1) is 59.8. The molecule has 0 saturated heterocycles. The van der Waals surface area contributed by atoms with E-state index in [2.05, 4.69) is 26.6 Å². The molecular formula is C56H128FN6O52P9S2. The molecule has 0 spiro atoms. The Hall–Kier alpha value is 0.740. The highest BCUT2D eigenvalue weighted by molar-refractivity contribution is 8.76. The smallest absolute Gasteiger partial charge is 0.385 e. The Morgan fingerprint density at radius 2 is 0.421 bits per heavy atom. The molecule has 0 amide bonds. The van der Waals surface area contributed by atoms with E-state index in [-0.39, 0.29) is 191 Å². The molecule has 0 aromatic rings. The number of phosphoric ester groups is 8. The van der Waals surface area contributed by atoms with Gasteiger partial charge in [-0.1, -0.05) is 21.6 Å². The second-order valence-electron chi connectivity index (χ2n) is 23.8. The standard InChI is InChI=1S/C56H128FN6O52P9S2/c1-58-43-93-31-51(110-119(71,72)102-30-26-92-22-18-88-14-10-83-7-11-85-15-19-89-23-27-99-116(6,65)66)38-104-120(73,74)111-52(32-94-44-59-2)39-105-121(75,76)112-53(33-95-45-60-3)40-106-122(77,78)113-54(34-96-46-61-4)41-107-123(79,80)114-55(35-97-47-62-5)42-108-124(81,82)115-56(36-98-48-63-57)37-103-117(67,68)100-28-24-90-20-16-86-12-8-84-9-13-87-17-21-91-25-29-101-118(69,70)109-50-126-125-49-64/h51-56,58-64H,7-50H2,1-6H3,(H,65,66)(H,67,68)(H,69,70)(H,71,72)(H,73,74)(H,75,76)(H,77,78)(H,79,80)(H,81,82). The van der Waals surface area contributed by atoms with Crippen molar-refractivity contribution in [3.05, 3.63) is 0 Å². The first-order valence-corrected chi connectivity index (χ1v) is 54.1. The van der Waals surface area contributed by atoms with Crippen LogP contribution in [0.25, 0.3) is 0 Å². The molecule has 16 N–H and O–H groups in total. The molecule has 126 heavy (non-hydrogen) atoms. The number of hydrogen-bond donors (Lipinski definition) is 16. The summed E-state index contributed by atoms with van der Waals surface area (Å²) in [6.07, 6.45) is -10.7. The minimum atomic E-state index is -5.47.